The van der Waals surface area contributed by atoms with Gasteiger partial charge in [0.15, 0.2) is 0 Å². The molecule has 0 aliphatic rings. The molecule has 0 bridgehead atoms. The fourth-order valence-electron chi connectivity index (χ4n) is 3.90. The average Bonchev–Trinajstić information content (AvgIpc) is 2.88. The zero-order valence-corrected chi connectivity index (χ0v) is 25.1. The Balaban J connectivity index is 2.09. The second-order valence-electron chi connectivity index (χ2n) is 9.03. The van der Waals surface area contributed by atoms with Gasteiger partial charge in [0.25, 0.3) is 10.0 Å². The van der Waals surface area contributed by atoms with Crippen LogP contribution in [0.3, 0.4) is 0 Å². The summed E-state index contributed by atoms with van der Waals surface area (Å²) >= 11 is 18.8. The van der Waals surface area contributed by atoms with Gasteiger partial charge in [-0.15, -0.1) is 0 Å². The third-order valence-corrected chi connectivity index (χ3v) is 9.12. The highest BCUT2D eigenvalue weighted by Crippen LogP contribution is 2.29. The molecule has 2 amide bonds. The number of likely N-dealkylation sites (N-methyl/N-ethyl adjacent to an activating group) is 1. The van der Waals surface area contributed by atoms with Crippen LogP contribution in [0.25, 0.3) is 0 Å². The summed E-state index contributed by atoms with van der Waals surface area (Å²) in [6.45, 7) is 6.79. The molecule has 0 saturated carbocycles. The number of hydrogen-bond acceptors (Lipinski definition) is 4. The molecule has 3 aromatic carbocycles. The van der Waals surface area contributed by atoms with E-state index in [1.54, 1.807) is 50.2 Å². The summed E-state index contributed by atoms with van der Waals surface area (Å²) in [5, 5.41) is 3.73. The number of carbonyl (C=O) groups excluding carboxylic acids is 2. The molecule has 0 radical (unpaired) electrons. The van der Waals surface area contributed by atoms with E-state index in [-0.39, 0.29) is 11.4 Å². The maximum absolute atomic E-state index is 13.9. The SMILES string of the molecule is CCNC(=O)C(C)N(Cc1c(Cl)cccc1Cl)C(=O)CN(c1ccc(C)c(C)c1)S(=O)(=O)c1ccc(Cl)cc1. The summed E-state index contributed by atoms with van der Waals surface area (Å²) in [7, 11) is -4.20. The van der Waals surface area contributed by atoms with E-state index in [0.29, 0.717) is 32.9 Å². The van der Waals surface area contributed by atoms with Gasteiger partial charge in [-0.3, -0.25) is 13.9 Å². The Kier molecular flexibility index (Phi) is 10.3. The van der Waals surface area contributed by atoms with E-state index < -0.39 is 34.4 Å². The quantitative estimate of drug-likeness (QED) is 0.305. The van der Waals surface area contributed by atoms with Crippen molar-refractivity contribution in [2.45, 2.75) is 45.2 Å². The van der Waals surface area contributed by atoms with E-state index >= 15 is 0 Å². The van der Waals surface area contributed by atoms with Crippen LogP contribution >= 0.6 is 34.8 Å². The van der Waals surface area contributed by atoms with Crippen molar-refractivity contribution >= 4 is 62.3 Å². The van der Waals surface area contributed by atoms with Gasteiger partial charge in [-0.25, -0.2) is 8.42 Å². The first kappa shape index (κ1) is 30.8. The number of amides is 2. The third kappa shape index (κ3) is 7.25. The molecule has 1 atom stereocenters. The summed E-state index contributed by atoms with van der Waals surface area (Å²) in [6, 6.07) is 14.8. The van der Waals surface area contributed by atoms with Crippen molar-refractivity contribution < 1.29 is 18.0 Å². The number of benzene rings is 3. The zero-order chi connectivity index (χ0) is 28.9. The molecule has 0 fully saturated rings. The molecule has 3 rings (SSSR count). The highest BCUT2D eigenvalue weighted by Gasteiger charge is 2.33. The van der Waals surface area contributed by atoms with E-state index in [2.05, 4.69) is 5.32 Å². The van der Waals surface area contributed by atoms with Crippen molar-refractivity contribution in [2.75, 3.05) is 17.4 Å². The fraction of sp³-hybridized carbons (Fsp3) is 0.286. The van der Waals surface area contributed by atoms with Gasteiger partial charge in [0, 0.05) is 33.7 Å². The lowest BCUT2D eigenvalue weighted by Crippen LogP contribution is -2.51. The number of carbonyl (C=O) groups is 2. The maximum atomic E-state index is 13.9. The van der Waals surface area contributed by atoms with Gasteiger partial charge in [-0.2, -0.15) is 0 Å². The van der Waals surface area contributed by atoms with Crippen molar-refractivity contribution in [3.63, 3.8) is 0 Å². The van der Waals surface area contributed by atoms with Crippen LogP contribution in [0.1, 0.15) is 30.5 Å². The average molecular weight is 611 g/mol. The lowest BCUT2D eigenvalue weighted by molar-refractivity contribution is -0.139. The highest BCUT2D eigenvalue weighted by molar-refractivity contribution is 7.92. The first-order chi connectivity index (χ1) is 18.4. The molecule has 39 heavy (non-hydrogen) atoms. The molecule has 0 aliphatic carbocycles. The Morgan fingerprint density at radius 1 is 0.923 bits per heavy atom. The van der Waals surface area contributed by atoms with Crippen LogP contribution in [0.15, 0.2) is 65.6 Å². The minimum Gasteiger partial charge on any atom is -0.355 e. The maximum Gasteiger partial charge on any atom is 0.264 e. The predicted molar refractivity (Wildman–Crippen MR) is 157 cm³/mol. The van der Waals surface area contributed by atoms with E-state index in [1.807, 2.05) is 13.8 Å². The number of nitrogens with one attached hydrogen (secondary N) is 1. The van der Waals surface area contributed by atoms with Crippen LogP contribution in [0.4, 0.5) is 5.69 Å². The lowest BCUT2D eigenvalue weighted by atomic mass is 10.1. The predicted octanol–water partition coefficient (Wildman–Crippen LogP) is 6.01. The Labute approximate surface area is 244 Å². The summed E-state index contributed by atoms with van der Waals surface area (Å²) in [5.41, 5.74) is 2.58. The van der Waals surface area contributed by atoms with Crippen molar-refractivity contribution in [1.29, 1.82) is 0 Å². The molecular weight excluding hydrogens is 581 g/mol. The Hall–Kier alpha value is -2.78. The molecule has 1 unspecified atom stereocenters. The Morgan fingerprint density at radius 3 is 2.10 bits per heavy atom. The van der Waals surface area contributed by atoms with E-state index in [1.165, 1.54) is 29.2 Å². The van der Waals surface area contributed by atoms with Crippen molar-refractivity contribution in [3.05, 3.63) is 92.4 Å². The van der Waals surface area contributed by atoms with Crippen LogP contribution in [0.5, 0.6) is 0 Å². The molecule has 7 nitrogen and oxygen atoms in total. The minimum atomic E-state index is -4.20. The summed E-state index contributed by atoms with van der Waals surface area (Å²) in [5.74, 6) is -1.01. The number of rotatable bonds is 10. The smallest absolute Gasteiger partial charge is 0.264 e. The first-order valence-electron chi connectivity index (χ1n) is 12.2. The van der Waals surface area contributed by atoms with E-state index in [0.717, 1.165) is 15.4 Å². The summed E-state index contributed by atoms with van der Waals surface area (Å²) in [4.78, 5) is 28.0. The van der Waals surface area contributed by atoms with E-state index in [4.69, 9.17) is 34.8 Å². The van der Waals surface area contributed by atoms with Crippen LogP contribution < -0.4 is 9.62 Å². The van der Waals surface area contributed by atoms with Gasteiger partial charge in [-0.05, 0) is 87.4 Å². The highest BCUT2D eigenvalue weighted by atomic mass is 35.5. The van der Waals surface area contributed by atoms with Gasteiger partial charge < -0.3 is 10.2 Å². The molecule has 0 heterocycles. The molecule has 0 saturated heterocycles. The molecule has 11 heteroatoms. The number of halogens is 3. The minimum absolute atomic E-state index is 0.0320. The first-order valence-corrected chi connectivity index (χ1v) is 14.8. The molecule has 0 aliphatic heterocycles. The zero-order valence-electron chi connectivity index (χ0n) is 22.0. The molecule has 0 spiro atoms. The number of hydrogen-bond donors (Lipinski definition) is 1. The largest absolute Gasteiger partial charge is 0.355 e. The molecule has 3 aromatic rings. The Morgan fingerprint density at radius 2 is 1.54 bits per heavy atom. The summed E-state index contributed by atoms with van der Waals surface area (Å²) in [6.07, 6.45) is 0. The number of aryl methyl sites for hydroxylation is 2. The van der Waals surface area contributed by atoms with Gasteiger partial charge >= 0.3 is 0 Å². The van der Waals surface area contributed by atoms with Crippen LogP contribution in [-0.4, -0.2) is 44.3 Å². The van der Waals surface area contributed by atoms with Crippen molar-refractivity contribution in [1.82, 2.24) is 10.2 Å². The van der Waals surface area contributed by atoms with Crippen LogP contribution in [0.2, 0.25) is 15.1 Å². The van der Waals surface area contributed by atoms with Crippen molar-refractivity contribution in [3.8, 4) is 0 Å². The topological polar surface area (TPSA) is 86.8 Å². The number of nitrogens with zero attached hydrogens (tertiary/aromatic N) is 2. The van der Waals surface area contributed by atoms with Gasteiger partial charge in [0.1, 0.15) is 12.6 Å². The summed E-state index contributed by atoms with van der Waals surface area (Å²) < 4.78 is 28.8. The Bertz CT molecular complexity index is 1440. The molecular formula is C28H30Cl3N3O4S. The van der Waals surface area contributed by atoms with Gasteiger partial charge in [-0.1, -0.05) is 46.9 Å². The number of sulfonamides is 1. The standard InChI is InChI=1S/C28H30Cl3N3O4S/c1-5-32-28(36)20(4)33(16-24-25(30)7-6-8-26(24)31)27(35)17-34(22-12-9-18(2)19(3)15-22)39(37,38)23-13-10-21(29)11-14-23/h6-15,20H,5,16-17H2,1-4H3,(H,32,36). The van der Waals surface area contributed by atoms with Gasteiger partial charge in [0.2, 0.25) is 11.8 Å². The molecule has 208 valence electrons. The van der Waals surface area contributed by atoms with Crippen LogP contribution in [0, 0.1) is 13.8 Å². The second kappa shape index (κ2) is 13.0. The monoisotopic (exact) mass is 609 g/mol. The third-order valence-electron chi connectivity index (χ3n) is 6.37. The second-order valence-corrected chi connectivity index (χ2v) is 12.1. The normalized spacial score (nSPS) is 12.1. The van der Waals surface area contributed by atoms with Crippen molar-refractivity contribution in [2.24, 2.45) is 0 Å². The van der Waals surface area contributed by atoms with Gasteiger partial charge in [0.05, 0.1) is 10.6 Å². The molecule has 0 aromatic heterocycles. The fourth-order valence-corrected chi connectivity index (χ4v) is 5.95. The lowest BCUT2D eigenvalue weighted by Gasteiger charge is -2.32. The number of anilines is 1. The van der Waals surface area contributed by atoms with E-state index in [9.17, 15) is 18.0 Å². The van der Waals surface area contributed by atoms with Crippen LogP contribution in [-0.2, 0) is 26.2 Å². The molecule has 1 N–H and O–H groups in total.